The lowest BCUT2D eigenvalue weighted by molar-refractivity contribution is -0.136. The largest absolute Gasteiger partial charge is 0.481 e. The minimum absolute atomic E-state index is 0.0585. The fourth-order valence-electron chi connectivity index (χ4n) is 2.83. The van der Waals surface area contributed by atoms with E-state index in [1.165, 1.54) is 25.7 Å². The first-order valence-corrected chi connectivity index (χ1v) is 7.30. The van der Waals surface area contributed by atoms with Gasteiger partial charge in [0, 0.05) is 0 Å². The van der Waals surface area contributed by atoms with Crippen molar-refractivity contribution in [1.29, 1.82) is 0 Å². The number of carboxylic acid groups (broad SMARTS) is 1. The minimum Gasteiger partial charge on any atom is -0.481 e. The second-order valence-corrected chi connectivity index (χ2v) is 6.00. The summed E-state index contributed by atoms with van der Waals surface area (Å²) >= 11 is 0. The highest BCUT2D eigenvalue weighted by molar-refractivity contribution is 5.82. The molecule has 0 bridgehead atoms. The summed E-state index contributed by atoms with van der Waals surface area (Å²) in [6, 6.07) is 6.04. The number of rotatable bonds is 6. The van der Waals surface area contributed by atoms with Gasteiger partial charge in [0.25, 0.3) is 0 Å². The molecule has 1 aromatic rings. The molecule has 0 heterocycles. The lowest BCUT2D eigenvalue weighted by atomic mass is 9.88. The molecule has 2 saturated carbocycles. The number of hydrogen-bond acceptors (Lipinski definition) is 1. The number of benzene rings is 1. The smallest absolute Gasteiger partial charge is 0.307 e. The van der Waals surface area contributed by atoms with E-state index < -0.39 is 5.97 Å². The lowest BCUT2D eigenvalue weighted by Crippen LogP contribution is -2.07. The molecular weight excluding hydrogens is 248 g/mol. The molecule has 104 valence electrons. The Balaban J connectivity index is 2.03. The molecule has 20 heavy (non-hydrogen) atoms. The molecule has 0 unspecified atom stereocenters. The van der Waals surface area contributed by atoms with E-state index in [1.807, 2.05) is 18.2 Å². The van der Waals surface area contributed by atoms with E-state index >= 15 is 0 Å². The third-order valence-corrected chi connectivity index (χ3v) is 4.34. The number of hydrogen-bond donors (Lipinski definition) is 1. The van der Waals surface area contributed by atoms with Crippen LogP contribution in [-0.2, 0) is 11.2 Å². The van der Waals surface area contributed by atoms with Gasteiger partial charge in [-0.25, -0.2) is 0 Å². The Morgan fingerprint density at radius 2 is 1.50 bits per heavy atom. The Bertz CT molecular complexity index is 547. The molecule has 0 aliphatic heterocycles. The highest BCUT2D eigenvalue weighted by atomic mass is 16.4. The Morgan fingerprint density at radius 1 is 1.05 bits per heavy atom. The molecule has 0 amide bonds. The van der Waals surface area contributed by atoms with Crippen molar-refractivity contribution in [2.24, 2.45) is 11.8 Å². The summed E-state index contributed by atoms with van der Waals surface area (Å²) in [7, 11) is 0. The van der Waals surface area contributed by atoms with Gasteiger partial charge in [-0.2, -0.15) is 0 Å². The van der Waals surface area contributed by atoms with Crippen LogP contribution in [0, 0.1) is 11.8 Å². The standard InChI is InChI=1S/C18H20O2/c1-11(13-6-7-13)15-4-3-5-16(12(2)14-8-9-14)17(15)10-18(19)20/h3-5,13-14H,1-2,6-10H2,(H,19,20). The van der Waals surface area contributed by atoms with Crippen LogP contribution in [0.15, 0.2) is 31.4 Å². The normalized spacial score (nSPS) is 17.8. The van der Waals surface area contributed by atoms with Crippen molar-refractivity contribution in [2.75, 3.05) is 0 Å². The summed E-state index contributed by atoms with van der Waals surface area (Å²) in [6.07, 6.45) is 4.78. The summed E-state index contributed by atoms with van der Waals surface area (Å²) in [5.41, 5.74) is 5.19. The number of carbonyl (C=O) groups is 1. The van der Waals surface area contributed by atoms with Crippen molar-refractivity contribution < 1.29 is 9.90 Å². The van der Waals surface area contributed by atoms with Crippen LogP contribution in [-0.4, -0.2) is 11.1 Å². The third kappa shape index (κ3) is 2.55. The summed E-state index contributed by atoms with van der Waals surface area (Å²) in [5.74, 6) is 0.310. The van der Waals surface area contributed by atoms with Crippen molar-refractivity contribution >= 4 is 17.1 Å². The highest BCUT2D eigenvalue weighted by Gasteiger charge is 2.30. The Labute approximate surface area is 119 Å². The van der Waals surface area contributed by atoms with Crippen molar-refractivity contribution in [2.45, 2.75) is 32.1 Å². The Hall–Kier alpha value is -1.83. The van der Waals surface area contributed by atoms with Gasteiger partial charge in [0.05, 0.1) is 6.42 Å². The van der Waals surface area contributed by atoms with E-state index in [4.69, 9.17) is 0 Å². The molecule has 0 saturated heterocycles. The van der Waals surface area contributed by atoms with Crippen LogP contribution in [0.3, 0.4) is 0 Å². The Morgan fingerprint density at radius 3 is 1.85 bits per heavy atom. The molecule has 2 aliphatic rings. The third-order valence-electron chi connectivity index (χ3n) is 4.34. The second-order valence-electron chi connectivity index (χ2n) is 6.00. The van der Waals surface area contributed by atoms with E-state index in [1.54, 1.807) is 0 Å². The average Bonchev–Trinajstić information content (AvgIpc) is 3.30. The van der Waals surface area contributed by atoms with Gasteiger partial charge in [0.1, 0.15) is 0 Å². The molecular formula is C18H20O2. The maximum absolute atomic E-state index is 11.2. The maximum atomic E-state index is 11.2. The van der Waals surface area contributed by atoms with Crippen LogP contribution in [0.1, 0.15) is 42.4 Å². The van der Waals surface area contributed by atoms with Gasteiger partial charge in [-0.1, -0.05) is 31.4 Å². The van der Waals surface area contributed by atoms with Gasteiger partial charge in [-0.3, -0.25) is 4.79 Å². The maximum Gasteiger partial charge on any atom is 0.307 e. The Kier molecular flexibility index (Phi) is 3.25. The number of allylic oxidation sites excluding steroid dienone is 2. The van der Waals surface area contributed by atoms with Crippen LogP contribution in [0.5, 0.6) is 0 Å². The van der Waals surface area contributed by atoms with Crippen molar-refractivity contribution in [3.05, 3.63) is 48.0 Å². The van der Waals surface area contributed by atoms with Crippen LogP contribution in [0.4, 0.5) is 0 Å². The van der Waals surface area contributed by atoms with Gasteiger partial charge >= 0.3 is 5.97 Å². The van der Waals surface area contributed by atoms with E-state index in [0.29, 0.717) is 11.8 Å². The lowest BCUT2D eigenvalue weighted by Gasteiger charge is -2.16. The van der Waals surface area contributed by atoms with E-state index in [-0.39, 0.29) is 6.42 Å². The number of aliphatic carboxylic acids is 1. The summed E-state index contributed by atoms with van der Waals surface area (Å²) in [6.45, 7) is 8.39. The summed E-state index contributed by atoms with van der Waals surface area (Å²) in [4.78, 5) is 11.2. The molecule has 2 heteroatoms. The van der Waals surface area contributed by atoms with Crippen LogP contribution in [0.2, 0.25) is 0 Å². The van der Waals surface area contributed by atoms with Crippen LogP contribution < -0.4 is 0 Å². The molecule has 2 nitrogen and oxygen atoms in total. The zero-order valence-electron chi connectivity index (χ0n) is 11.7. The molecule has 1 aromatic carbocycles. The molecule has 2 fully saturated rings. The fourth-order valence-corrected chi connectivity index (χ4v) is 2.83. The van der Waals surface area contributed by atoms with Gasteiger partial charge < -0.3 is 5.11 Å². The molecule has 0 radical (unpaired) electrons. The number of carboxylic acids is 1. The molecule has 1 N–H and O–H groups in total. The predicted molar refractivity (Wildman–Crippen MR) is 81.3 cm³/mol. The molecule has 2 aliphatic carbocycles. The average molecular weight is 268 g/mol. The van der Waals surface area contributed by atoms with Gasteiger partial charge in [0.15, 0.2) is 0 Å². The fraction of sp³-hybridized carbons (Fsp3) is 0.389. The van der Waals surface area contributed by atoms with Crippen LogP contribution in [0.25, 0.3) is 11.1 Å². The first kappa shape index (κ1) is 13.2. The first-order valence-electron chi connectivity index (χ1n) is 7.30. The van der Waals surface area contributed by atoms with Gasteiger partial charge in [-0.05, 0) is 65.4 Å². The topological polar surface area (TPSA) is 37.3 Å². The zero-order valence-corrected chi connectivity index (χ0v) is 11.7. The second kappa shape index (κ2) is 4.93. The molecule has 0 atom stereocenters. The van der Waals surface area contributed by atoms with E-state index in [2.05, 4.69) is 13.2 Å². The van der Waals surface area contributed by atoms with Gasteiger partial charge in [-0.15, -0.1) is 0 Å². The van der Waals surface area contributed by atoms with Gasteiger partial charge in [0.2, 0.25) is 0 Å². The zero-order chi connectivity index (χ0) is 14.3. The quantitative estimate of drug-likeness (QED) is 0.841. The molecule has 0 aromatic heterocycles. The van der Waals surface area contributed by atoms with E-state index in [0.717, 1.165) is 27.8 Å². The molecule has 3 rings (SSSR count). The monoisotopic (exact) mass is 268 g/mol. The predicted octanol–water partition coefficient (Wildman–Crippen LogP) is 4.16. The van der Waals surface area contributed by atoms with Crippen LogP contribution >= 0.6 is 0 Å². The molecule has 0 spiro atoms. The van der Waals surface area contributed by atoms with Crippen molar-refractivity contribution in [3.8, 4) is 0 Å². The van der Waals surface area contributed by atoms with Crippen molar-refractivity contribution in [3.63, 3.8) is 0 Å². The minimum atomic E-state index is -0.786. The first-order chi connectivity index (χ1) is 9.58. The highest BCUT2D eigenvalue weighted by Crippen LogP contribution is 2.45. The summed E-state index contributed by atoms with van der Waals surface area (Å²) in [5, 5.41) is 9.23. The van der Waals surface area contributed by atoms with E-state index in [9.17, 15) is 9.90 Å². The SMILES string of the molecule is C=C(c1cccc(C(=C)C2CC2)c1CC(=O)O)C1CC1. The van der Waals surface area contributed by atoms with Crippen molar-refractivity contribution in [1.82, 2.24) is 0 Å². The summed E-state index contributed by atoms with van der Waals surface area (Å²) < 4.78 is 0.